The number of rotatable bonds is 5. The zero-order chi connectivity index (χ0) is 13.7. The molecule has 1 aromatic carbocycles. The Morgan fingerprint density at radius 1 is 1.42 bits per heavy atom. The number of hydrogen-bond donors (Lipinski definition) is 1. The molecule has 0 spiro atoms. The van der Waals surface area contributed by atoms with Crippen LogP contribution in [0, 0.1) is 5.92 Å². The van der Waals surface area contributed by atoms with E-state index in [2.05, 4.69) is 5.32 Å². The Morgan fingerprint density at radius 3 is 2.89 bits per heavy atom. The lowest BCUT2D eigenvalue weighted by Crippen LogP contribution is -2.28. The Hall–Kier alpha value is -1.22. The van der Waals surface area contributed by atoms with E-state index in [0.29, 0.717) is 30.4 Å². The molecule has 1 aliphatic rings. The van der Waals surface area contributed by atoms with Crippen molar-refractivity contribution in [1.29, 1.82) is 0 Å². The number of halogens is 1. The Morgan fingerprint density at radius 2 is 2.21 bits per heavy atom. The largest absolute Gasteiger partial charge is 0.493 e. The van der Waals surface area contributed by atoms with E-state index in [9.17, 15) is 4.79 Å². The van der Waals surface area contributed by atoms with E-state index in [-0.39, 0.29) is 11.3 Å². The van der Waals surface area contributed by atoms with Crippen LogP contribution in [0.15, 0.2) is 24.3 Å². The number of benzene rings is 1. The summed E-state index contributed by atoms with van der Waals surface area (Å²) in [5.41, 5.74) is 0.602. The lowest BCUT2D eigenvalue weighted by molar-refractivity contribution is 0.0943. The molecule has 4 heteroatoms. The normalized spacial score (nSPS) is 22.2. The zero-order valence-electron chi connectivity index (χ0n) is 11.2. The number of nitrogens with one attached hydrogen (secondary N) is 1. The SMILES string of the molecule is CCOc1ccccc1C(=O)NCC1CCC(Cl)C1. The first-order valence-corrected chi connectivity index (χ1v) is 7.28. The van der Waals surface area contributed by atoms with E-state index < -0.39 is 0 Å². The van der Waals surface area contributed by atoms with E-state index in [1.807, 2.05) is 25.1 Å². The minimum Gasteiger partial charge on any atom is -0.493 e. The summed E-state index contributed by atoms with van der Waals surface area (Å²) in [6.45, 7) is 3.16. The maximum Gasteiger partial charge on any atom is 0.255 e. The molecule has 0 radical (unpaired) electrons. The smallest absolute Gasteiger partial charge is 0.255 e. The van der Waals surface area contributed by atoms with Crippen LogP contribution in [0.2, 0.25) is 0 Å². The molecule has 104 valence electrons. The highest BCUT2D eigenvalue weighted by Crippen LogP contribution is 2.29. The predicted octanol–water partition coefficient (Wildman–Crippen LogP) is 3.22. The second-order valence-electron chi connectivity index (χ2n) is 4.92. The zero-order valence-corrected chi connectivity index (χ0v) is 12.0. The Bertz CT molecular complexity index is 436. The van der Waals surface area contributed by atoms with Crippen LogP contribution in [-0.4, -0.2) is 24.4 Å². The Labute approximate surface area is 119 Å². The fraction of sp³-hybridized carbons (Fsp3) is 0.533. The molecule has 1 aliphatic carbocycles. The molecule has 2 atom stereocenters. The molecule has 2 unspecified atom stereocenters. The average molecular weight is 282 g/mol. The van der Waals surface area contributed by atoms with Crippen LogP contribution in [0.5, 0.6) is 5.75 Å². The molecule has 1 amide bonds. The number of para-hydroxylation sites is 1. The van der Waals surface area contributed by atoms with Gasteiger partial charge in [-0.1, -0.05) is 12.1 Å². The maximum atomic E-state index is 12.2. The van der Waals surface area contributed by atoms with Gasteiger partial charge in [0.1, 0.15) is 5.75 Å². The lowest BCUT2D eigenvalue weighted by atomic mass is 10.1. The summed E-state index contributed by atoms with van der Waals surface area (Å²) >= 11 is 6.07. The summed E-state index contributed by atoms with van der Waals surface area (Å²) in [4.78, 5) is 12.2. The van der Waals surface area contributed by atoms with E-state index in [1.54, 1.807) is 6.07 Å². The van der Waals surface area contributed by atoms with Crippen molar-refractivity contribution in [3.05, 3.63) is 29.8 Å². The summed E-state index contributed by atoms with van der Waals surface area (Å²) in [7, 11) is 0. The van der Waals surface area contributed by atoms with Gasteiger partial charge in [0.05, 0.1) is 12.2 Å². The average Bonchev–Trinajstić information content (AvgIpc) is 2.83. The molecule has 1 fully saturated rings. The summed E-state index contributed by atoms with van der Waals surface area (Å²) in [6.07, 6.45) is 3.15. The van der Waals surface area contributed by atoms with Gasteiger partial charge in [0, 0.05) is 11.9 Å². The van der Waals surface area contributed by atoms with Gasteiger partial charge in [-0.2, -0.15) is 0 Å². The van der Waals surface area contributed by atoms with Crippen LogP contribution >= 0.6 is 11.6 Å². The van der Waals surface area contributed by atoms with Crippen molar-refractivity contribution >= 4 is 17.5 Å². The van der Waals surface area contributed by atoms with Gasteiger partial charge >= 0.3 is 0 Å². The van der Waals surface area contributed by atoms with Crippen LogP contribution in [0.1, 0.15) is 36.5 Å². The fourth-order valence-corrected chi connectivity index (χ4v) is 2.85. The van der Waals surface area contributed by atoms with Crippen molar-refractivity contribution in [2.45, 2.75) is 31.6 Å². The van der Waals surface area contributed by atoms with Gasteiger partial charge in [-0.05, 0) is 44.2 Å². The molecular formula is C15H20ClNO2. The molecule has 1 saturated carbocycles. The first kappa shape index (κ1) is 14.2. The van der Waals surface area contributed by atoms with E-state index in [1.165, 1.54) is 0 Å². The minimum absolute atomic E-state index is 0.0675. The monoisotopic (exact) mass is 281 g/mol. The third kappa shape index (κ3) is 3.87. The fourth-order valence-electron chi connectivity index (χ4n) is 2.47. The number of ether oxygens (including phenoxy) is 1. The summed E-state index contributed by atoms with van der Waals surface area (Å²) < 4.78 is 5.47. The van der Waals surface area contributed by atoms with Gasteiger partial charge in [0.25, 0.3) is 5.91 Å². The van der Waals surface area contributed by atoms with Gasteiger partial charge in [0.2, 0.25) is 0 Å². The maximum absolute atomic E-state index is 12.2. The third-order valence-electron chi connectivity index (χ3n) is 3.46. The Balaban J connectivity index is 1.92. The van der Waals surface area contributed by atoms with Crippen LogP contribution < -0.4 is 10.1 Å². The highest BCUT2D eigenvalue weighted by Gasteiger charge is 2.23. The molecule has 1 aromatic rings. The molecule has 1 N–H and O–H groups in total. The van der Waals surface area contributed by atoms with E-state index in [0.717, 1.165) is 19.3 Å². The Kier molecular flexibility index (Phi) is 5.08. The van der Waals surface area contributed by atoms with Crippen molar-refractivity contribution in [3.63, 3.8) is 0 Å². The van der Waals surface area contributed by atoms with Gasteiger partial charge < -0.3 is 10.1 Å². The minimum atomic E-state index is -0.0675. The second kappa shape index (κ2) is 6.80. The number of amides is 1. The topological polar surface area (TPSA) is 38.3 Å². The highest BCUT2D eigenvalue weighted by atomic mass is 35.5. The summed E-state index contributed by atoms with van der Waals surface area (Å²) in [5, 5.41) is 3.26. The highest BCUT2D eigenvalue weighted by molar-refractivity contribution is 6.20. The molecule has 3 nitrogen and oxygen atoms in total. The number of hydrogen-bond acceptors (Lipinski definition) is 2. The molecular weight excluding hydrogens is 262 g/mol. The van der Waals surface area contributed by atoms with Gasteiger partial charge in [-0.25, -0.2) is 0 Å². The number of alkyl halides is 1. The first-order chi connectivity index (χ1) is 9.20. The number of carbonyl (C=O) groups excluding carboxylic acids is 1. The molecule has 0 aromatic heterocycles. The van der Waals surface area contributed by atoms with Crippen molar-refractivity contribution in [2.75, 3.05) is 13.2 Å². The van der Waals surface area contributed by atoms with Crippen LogP contribution in [0.4, 0.5) is 0 Å². The van der Waals surface area contributed by atoms with E-state index in [4.69, 9.17) is 16.3 Å². The standard InChI is InChI=1S/C15H20ClNO2/c1-2-19-14-6-4-3-5-13(14)15(18)17-10-11-7-8-12(16)9-11/h3-6,11-12H,2,7-10H2,1H3,(H,17,18). The molecule has 0 bridgehead atoms. The third-order valence-corrected chi connectivity index (χ3v) is 3.86. The van der Waals surface area contributed by atoms with Crippen molar-refractivity contribution in [1.82, 2.24) is 5.32 Å². The molecule has 0 aliphatic heterocycles. The van der Waals surface area contributed by atoms with Crippen LogP contribution in [-0.2, 0) is 0 Å². The van der Waals surface area contributed by atoms with Gasteiger partial charge in [0.15, 0.2) is 0 Å². The van der Waals surface area contributed by atoms with Crippen molar-refractivity contribution in [3.8, 4) is 5.75 Å². The molecule has 0 saturated heterocycles. The lowest BCUT2D eigenvalue weighted by Gasteiger charge is -2.13. The summed E-state index contributed by atoms with van der Waals surface area (Å²) in [5.74, 6) is 1.08. The quantitative estimate of drug-likeness (QED) is 0.842. The molecule has 0 heterocycles. The predicted molar refractivity (Wildman–Crippen MR) is 76.9 cm³/mol. The van der Waals surface area contributed by atoms with Crippen LogP contribution in [0.25, 0.3) is 0 Å². The van der Waals surface area contributed by atoms with Crippen molar-refractivity contribution in [2.24, 2.45) is 5.92 Å². The molecule has 2 rings (SSSR count). The number of carbonyl (C=O) groups is 1. The molecule has 19 heavy (non-hydrogen) atoms. The van der Waals surface area contributed by atoms with Crippen LogP contribution in [0.3, 0.4) is 0 Å². The van der Waals surface area contributed by atoms with E-state index >= 15 is 0 Å². The first-order valence-electron chi connectivity index (χ1n) is 6.84. The van der Waals surface area contributed by atoms with Crippen molar-refractivity contribution < 1.29 is 9.53 Å². The second-order valence-corrected chi connectivity index (χ2v) is 5.53. The van der Waals surface area contributed by atoms with Gasteiger partial charge in [-0.15, -0.1) is 11.6 Å². The van der Waals surface area contributed by atoms with Gasteiger partial charge in [-0.3, -0.25) is 4.79 Å². The summed E-state index contributed by atoms with van der Waals surface area (Å²) in [6, 6.07) is 7.33.